The Labute approximate surface area is 138 Å². The highest BCUT2D eigenvalue weighted by atomic mass is 35.5. The molecule has 0 bridgehead atoms. The number of rotatable bonds is 5. The molecule has 1 nitrogen and oxygen atoms in total. The first kappa shape index (κ1) is 16.1. The Kier molecular flexibility index (Phi) is 6.12. The van der Waals surface area contributed by atoms with Gasteiger partial charge in [0.25, 0.3) is 0 Å². The molecule has 0 aliphatic heterocycles. The Morgan fingerprint density at radius 3 is 2.50 bits per heavy atom. The summed E-state index contributed by atoms with van der Waals surface area (Å²) in [7, 11) is 0. The Balaban J connectivity index is 2.37. The van der Waals surface area contributed by atoms with Crippen LogP contribution in [-0.2, 0) is 6.54 Å². The predicted octanol–water partition coefficient (Wildman–Crippen LogP) is 5.72. The number of hydrogen-bond acceptors (Lipinski definition) is 3. The summed E-state index contributed by atoms with van der Waals surface area (Å²) in [6, 6.07) is 11.7. The summed E-state index contributed by atoms with van der Waals surface area (Å²) >= 11 is 15.7. The second-order valence-electron chi connectivity index (χ2n) is 4.05. The number of hydrogen-bond donors (Lipinski definition) is 1. The van der Waals surface area contributed by atoms with Crippen LogP contribution in [0.4, 0.5) is 0 Å². The van der Waals surface area contributed by atoms with Crippen LogP contribution in [0.3, 0.4) is 0 Å². The zero-order valence-electron chi connectivity index (χ0n) is 11.0. The third-order valence-corrected chi connectivity index (χ3v) is 5.53. The zero-order chi connectivity index (χ0) is 14.5. The van der Waals surface area contributed by atoms with Crippen LogP contribution < -0.4 is 5.73 Å². The number of thioether (sulfide) groups is 1. The molecule has 0 spiro atoms. The van der Waals surface area contributed by atoms with E-state index >= 15 is 0 Å². The highest BCUT2D eigenvalue weighted by molar-refractivity contribution is 8.00. The molecule has 106 valence electrons. The van der Waals surface area contributed by atoms with Gasteiger partial charge in [0.1, 0.15) is 0 Å². The molecule has 0 aromatic heterocycles. The van der Waals surface area contributed by atoms with Crippen LogP contribution in [0.2, 0.25) is 10.0 Å². The molecule has 0 aliphatic rings. The molecule has 5 heteroatoms. The standard InChI is InChI=1S/C15H15Cl2NS2/c1-2-19-13-4-3-5-14(11(13)9-18)20-15-8-10(16)6-7-12(15)17/h3-8H,2,9,18H2,1H3. The molecule has 20 heavy (non-hydrogen) atoms. The fourth-order valence-electron chi connectivity index (χ4n) is 1.81. The van der Waals surface area contributed by atoms with E-state index in [0.717, 1.165) is 15.5 Å². The normalized spacial score (nSPS) is 10.8. The third-order valence-electron chi connectivity index (χ3n) is 2.71. The van der Waals surface area contributed by atoms with Crippen LogP contribution in [-0.4, -0.2) is 5.75 Å². The van der Waals surface area contributed by atoms with Gasteiger partial charge >= 0.3 is 0 Å². The molecule has 0 saturated carbocycles. The number of nitrogens with two attached hydrogens (primary N) is 1. The molecule has 2 aromatic rings. The summed E-state index contributed by atoms with van der Waals surface area (Å²) in [5.74, 6) is 1.03. The summed E-state index contributed by atoms with van der Waals surface area (Å²) in [5, 5.41) is 1.39. The van der Waals surface area contributed by atoms with Crippen molar-refractivity contribution in [2.75, 3.05) is 5.75 Å². The van der Waals surface area contributed by atoms with Crippen molar-refractivity contribution < 1.29 is 0 Å². The zero-order valence-corrected chi connectivity index (χ0v) is 14.2. The van der Waals surface area contributed by atoms with Crippen molar-refractivity contribution in [3.63, 3.8) is 0 Å². The molecule has 2 aromatic carbocycles. The Morgan fingerprint density at radius 2 is 1.80 bits per heavy atom. The Hall–Kier alpha value is -0.320. The van der Waals surface area contributed by atoms with Gasteiger partial charge in [-0.2, -0.15) is 0 Å². The first-order valence-corrected chi connectivity index (χ1v) is 8.79. The number of halogens is 2. The molecule has 0 radical (unpaired) electrons. The average molecular weight is 344 g/mol. The molecule has 0 fully saturated rings. The van der Waals surface area contributed by atoms with Gasteiger partial charge in [-0.15, -0.1) is 11.8 Å². The molecule has 0 heterocycles. The summed E-state index contributed by atoms with van der Waals surface area (Å²) in [6.07, 6.45) is 0. The van der Waals surface area contributed by atoms with Gasteiger partial charge in [-0.05, 0) is 41.6 Å². The molecule has 2 N–H and O–H groups in total. The van der Waals surface area contributed by atoms with E-state index in [2.05, 4.69) is 25.1 Å². The molecule has 0 unspecified atom stereocenters. The topological polar surface area (TPSA) is 26.0 Å². The van der Waals surface area contributed by atoms with Crippen molar-refractivity contribution in [3.05, 3.63) is 52.0 Å². The van der Waals surface area contributed by atoms with Crippen molar-refractivity contribution in [2.24, 2.45) is 5.73 Å². The van der Waals surface area contributed by atoms with Crippen LogP contribution in [0.1, 0.15) is 12.5 Å². The van der Waals surface area contributed by atoms with Crippen molar-refractivity contribution >= 4 is 46.7 Å². The van der Waals surface area contributed by atoms with Gasteiger partial charge in [-0.1, -0.05) is 48.0 Å². The minimum absolute atomic E-state index is 0.518. The van der Waals surface area contributed by atoms with Crippen molar-refractivity contribution in [1.82, 2.24) is 0 Å². The third kappa shape index (κ3) is 3.86. The highest BCUT2D eigenvalue weighted by Gasteiger charge is 2.10. The molecule has 0 atom stereocenters. The van der Waals surface area contributed by atoms with Gasteiger partial charge in [0.15, 0.2) is 0 Å². The molecular weight excluding hydrogens is 329 g/mol. The first-order chi connectivity index (χ1) is 9.65. The molecule has 0 saturated heterocycles. The monoisotopic (exact) mass is 343 g/mol. The second-order valence-corrected chi connectivity index (χ2v) is 7.28. The quantitative estimate of drug-likeness (QED) is 0.703. The fourth-order valence-corrected chi connectivity index (χ4v) is 4.25. The molecule has 2 rings (SSSR count). The second kappa shape index (κ2) is 7.62. The lowest BCUT2D eigenvalue weighted by molar-refractivity contribution is 0.980. The lowest BCUT2D eigenvalue weighted by atomic mass is 10.2. The minimum Gasteiger partial charge on any atom is -0.326 e. The van der Waals surface area contributed by atoms with Crippen LogP contribution in [0.25, 0.3) is 0 Å². The summed E-state index contributed by atoms with van der Waals surface area (Å²) in [5.41, 5.74) is 7.08. The van der Waals surface area contributed by atoms with E-state index in [1.54, 1.807) is 29.6 Å². The summed E-state index contributed by atoms with van der Waals surface area (Å²) in [6.45, 7) is 2.66. The van der Waals surface area contributed by atoms with E-state index in [9.17, 15) is 0 Å². The van der Waals surface area contributed by atoms with Crippen molar-refractivity contribution in [1.29, 1.82) is 0 Å². The van der Waals surface area contributed by atoms with E-state index < -0.39 is 0 Å². The van der Waals surface area contributed by atoms with Gasteiger partial charge < -0.3 is 5.73 Å². The summed E-state index contributed by atoms with van der Waals surface area (Å²) < 4.78 is 0. The van der Waals surface area contributed by atoms with E-state index in [1.165, 1.54) is 10.5 Å². The molecule has 0 aliphatic carbocycles. The lowest BCUT2D eigenvalue weighted by Gasteiger charge is -2.13. The van der Waals surface area contributed by atoms with Crippen molar-refractivity contribution in [3.8, 4) is 0 Å². The molecule has 0 amide bonds. The van der Waals surface area contributed by atoms with Crippen LogP contribution >= 0.6 is 46.7 Å². The Bertz CT molecular complexity index is 602. The van der Waals surface area contributed by atoms with Gasteiger partial charge in [-0.3, -0.25) is 0 Å². The maximum absolute atomic E-state index is 6.23. The average Bonchev–Trinajstić information content (AvgIpc) is 2.43. The largest absolute Gasteiger partial charge is 0.326 e. The maximum Gasteiger partial charge on any atom is 0.0546 e. The van der Waals surface area contributed by atoms with Crippen molar-refractivity contribution in [2.45, 2.75) is 28.2 Å². The van der Waals surface area contributed by atoms with Gasteiger partial charge in [0.05, 0.1) is 5.02 Å². The van der Waals surface area contributed by atoms with E-state index in [4.69, 9.17) is 28.9 Å². The predicted molar refractivity (Wildman–Crippen MR) is 91.3 cm³/mol. The van der Waals surface area contributed by atoms with Crippen LogP contribution in [0.5, 0.6) is 0 Å². The van der Waals surface area contributed by atoms with Crippen LogP contribution in [0, 0.1) is 0 Å². The smallest absolute Gasteiger partial charge is 0.0546 e. The van der Waals surface area contributed by atoms with E-state index in [-0.39, 0.29) is 0 Å². The van der Waals surface area contributed by atoms with Gasteiger partial charge in [0.2, 0.25) is 0 Å². The SMILES string of the molecule is CCSc1cccc(Sc2cc(Cl)ccc2Cl)c1CN. The minimum atomic E-state index is 0.518. The highest BCUT2D eigenvalue weighted by Crippen LogP contribution is 2.39. The Morgan fingerprint density at radius 1 is 1.05 bits per heavy atom. The van der Waals surface area contributed by atoms with Gasteiger partial charge in [-0.25, -0.2) is 0 Å². The number of benzene rings is 2. The van der Waals surface area contributed by atoms with E-state index in [0.29, 0.717) is 16.6 Å². The summed E-state index contributed by atoms with van der Waals surface area (Å²) in [4.78, 5) is 3.32. The van der Waals surface area contributed by atoms with Crippen LogP contribution in [0.15, 0.2) is 51.1 Å². The fraction of sp³-hybridized carbons (Fsp3) is 0.200. The van der Waals surface area contributed by atoms with Gasteiger partial charge in [0, 0.05) is 26.3 Å². The lowest BCUT2D eigenvalue weighted by Crippen LogP contribution is -2.00. The first-order valence-electron chi connectivity index (χ1n) is 6.23. The van der Waals surface area contributed by atoms with E-state index in [1.807, 2.05) is 12.1 Å². The maximum atomic E-state index is 6.23. The molecular formula is C15H15Cl2NS2.